The van der Waals surface area contributed by atoms with Crippen LogP contribution in [0.25, 0.3) is 10.8 Å². The van der Waals surface area contributed by atoms with Crippen LogP contribution in [0.15, 0.2) is 66.7 Å². The minimum absolute atomic E-state index is 0.0253. The fraction of sp³-hybridized carbons (Fsp3) is 0.310. The van der Waals surface area contributed by atoms with Gasteiger partial charge in [0, 0.05) is 11.1 Å². The minimum Gasteiger partial charge on any atom is -0.481 e. The molecule has 0 radical (unpaired) electrons. The highest BCUT2D eigenvalue weighted by molar-refractivity contribution is 5.97. The summed E-state index contributed by atoms with van der Waals surface area (Å²) in [4.78, 5) is 26.7. The van der Waals surface area contributed by atoms with E-state index >= 15 is 0 Å². The van der Waals surface area contributed by atoms with Gasteiger partial charge in [0.1, 0.15) is 12.4 Å². The lowest BCUT2D eigenvalue weighted by molar-refractivity contribution is -0.133. The highest BCUT2D eigenvalue weighted by Crippen LogP contribution is 2.33. The van der Waals surface area contributed by atoms with Crippen molar-refractivity contribution in [3.8, 4) is 18.1 Å². The van der Waals surface area contributed by atoms with Crippen molar-refractivity contribution in [2.75, 3.05) is 6.61 Å². The first-order valence-electron chi connectivity index (χ1n) is 11.2. The average molecular weight is 458 g/mol. The van der Waals surface area contributed by atoms with E-state index < -0.39 is 23.5 Å². The number of benzene rings is 3. The molecule has 0 fully saturated rings. The standard InChI is InChI=1S/C29H31NO4/c1-7-18-33-24-15-11-10-14-23(24)25(26(31)30-29(5,6)28(2,3)4)34-27(32)22-17-16-20-12-8-9-13-21(20)19-22/h1,8-17,19,25H,18H2,2-6H3,(H,30,31). The number of rotatable bonds is 7. The second-order valence-electron chi connectivity index (χ2n) is 9.74. The molecule has 0 aliphatic rings. The van der Waals surface area contributed by atoms with Crippen LogP contribution in [0.3, 0.4) is 0 Å². The lowest BCUT2D eigenvalue weighted by Crippen LogP contribution is -2.54. The van der Waals surface area contributed by atoms with Crippen LogP contribution >= 0.6 is 0 Å². The van der Waals surface area contributed by atoms with Gasteiger partial charge in [-0.3, -0.25) is 4.79 Å². The number of hydrogen-bond acceptors (Lipinski definition) is 4. The van der Waals surface area contributed by atoms with Crippen LogP contribution in [0.4, 0.5) is 0 Å². The molecule has 0 saturated carbocycles. The van der Waals surface area contributed by atoms with Gasteiger partial charge in [0.25, 0.3) is 5.91 Å². The molecule has 1 amide bonds. The molecule has 1 unspecified atom stereocenters. The number of terminal acetylenes is 1. The van der Waals surface area contributed by atoms with E-state index in [1.807, 2.05) is 65.0 Å². The van der Waals surface area contributed by atoms with Crippen LogP contribution in [0.5, 0.6) is 5.75 Å². The lowest BCUT2D eigenvalue weighted by atomic mass is 9.76. The van der Waals surface area contributed by atoms with Crippen molar-refractivity contribution in [1.82, 2.24) is 5.32 Å². The third-order valence-corrected chi connectivity index (χ3v) is 6.27. The number of nitrogens with one attached hydrogen (secondary N) is 1. The molecule has 0 saturated heterocycles. The topological polar surface area (TPSA) is 64.6 Å². The first-order chi connectivity index (χ1) is 16.0. The zero-order chi connectivity index (χ0) is 24.9. The number of carbonyl (C=O) groups is 2. The van der Waals surface area contributed by atoms with E-state index in [4.69, 9.17) is 15.9 Å². The molecule has 34 heavy (non-hydrogen) atoms. The molecular weight excluding hydrogens is 426 g/mol. The van der Waals surface area contributed by atoms with Crippen LogP contribution in [0.2, 0.25) is 0 Å². The number of esters is 1. The Hall–Kier alpha value is -3.78. The number of carbonyl (C=O) groups excluding carboxylic acids is 2. The molecule has 5 nitrogen and oxygen atoms in total. The van der Waals surface area contributed by atoms with E-state index in [1.54, 1.807) is 36.4 Å². The Kier molecular flexibility index (Phi) is 7.32. The van der Waals surface area contributed by atoms with Gasteiger partial charge in [-0.25, -0.2) is 4.79 Å². The summed E-state index contributed by atoms with van der Waals surface area (Å²) in [7, 11) is 0. The maximum Gasteiger partial charge on any atom is 0.339 e. The van der Waals surface area contributed by atoms with Crippen LogP contribution in [-0.4, -0.2) is 24.0 Å². The van der Waals surface area contributed by atoms with Gasteiger partial charge in [-0.1, -0.05) is 75.2 Å². The molecule has 176 valence electrons. The van der Waals surface area contributed by atoms with Crippen molar-refractivity contribution in [3.63, 3.8) is 0 Å². The van der Waals surface area contributed by atoms with E-state index in [-0.39, 0.29) is 12.0 Å². The first-order valence-corrected chi connectivity index (χ1v) is 11.2. The van der Waals surface area contributed by atoms with Crippen LogP contribution in [-0.2, 0) is 9.53 Å². The molecule has 0 heterocycles. The second-order valence-corrected chi connectivity index (χ2v) is 9.74. The maximum absolute atomic E-state index is 13.5. The lowest BCUT2D eigenvalue weighted by Gasteiger charge is -2.40. The molecule has 0 bridgehead atoms. The van der Waals surface area contributed by atoms with Crippen LogP contribution < -0.4 is 10.1 Å². The van der Waals surface area contributed by atoms with Crippen LogP contribution in [0.1, 0.15) is 56.6 Å². The zero-order valence-electron chi connectivity index (χ0n) is 20.3. The predicted molar refractivity (Wildman–Crippen MR) is 135 cm³/mol. The molecule has 0 spiro atoms. The summed E-state index contributed by atoms with van der Waals surface area (Å²) in [6.07, 6.45) is 4.13. The van der Waals surface area contributed by atoms with Gasteiger partial charge in [-0.05, 0) is 48.2 Å². The Bertz CT molecular complexity index is 1230. The molecule has 0 aliphatic heterocycles. The molecule has 1 atom stereocenters. The Morgan fingerprint density at radius 3 is 2.26 bits per heavy atom. The molecule has 3 rings (SSSR count). The quantitative estimate of drug-likeness (QED) is 0.366. The first kappa shape index (κ1) is 24.9. The third kappa shape index (κ3) is 5.58. The highest BCUT2D eigenvalue weighted by Gasteiger charge is 2.38. The van der Waals surface area contributed by atoms with Crippen molar-refractivity contribution < 1.29 is 19.1 Å². The molecule has 1 N–H and O–H groups in total. The number of ether oxygens (including phenoxy) is 2. The monoisotopic (exact) mass is 457 g/mol. The summed E-state index contributed by atoms with van der Waals surface area (Å²) >= 11 is 0. The summed E-state index contributed by atoms with van der Waals surface area (Å²) in [6.45, 7) is 10.0. The van der Waals surface area contributed by atoms with E-state index in [2.05, 4.69) is 11.2 Å². The Morgan fingerprint density at radius 1 is 0.941 bits per heavy atom. The molecule has 0 aromatic heterocycles. The normalized spacial score (nSPS) is 12.5. The number of amides is 1. The SMILES string of the molecule is C#CCOc1ccccc1C(OC(=O)c1ccc2ccccc2c1)C(=O)NC(C)(C)C(C)(C)C. The van der Waals surface area contributed by atoms with E-state index in [9.17, 15) is 9.59 Å². The third-order valence-electron chi connectivity index (χ3n) is 6.27. The second kappa shape index (κ2) is 10.0. The largest absolute Gasteiger partial charge is 0.481 e. The van der Waals surface area contributed by atoms with Gasteiger partial charge >= 0.3 is 5.97 Å². The van der Waals surface area contributed by atoms with E-state index in [1.165, 1.54) is 0 Å². The smallest absolute Gasteiger partial charge is 0.339 e. The Labute approximate surface area is 201 Å². The van der Waals surface area contributed by atoms with Gasteiger partial charge in [0.2, 0.25) is 6.10 Å². The van der Waals surface area contributed by atoms with E-state index in [0.717, 1.165) is 10.8 Å². The number of fused-ring (bicyclic) bond motifs is 1. The predicted octanol–water partition coefficient (Wildman–Crippen LogP) is 5.69. The van der Waals surface area contributed by atoms with Crippen molar-refractivity contribution in [2.24, 2.45) is 5.41 Å². The van der Waals surface area contributed by atoms with Crippen molar-refractivity contribution in [1.29, 1.82) is 0 Å². The number of hydrogen-bond donors (Lipinski definition) is 1. The summed E-state index contributed by atoms with van der Waals surface area (Å²) < 4.78 is 11.5. The maximum atomic E-state index is 13.5. The summed E-state index contributed by atoms with van der Waals surface area (Å²) in [5.74, 6) is 1.77. The average Bonchev–Trinajstić information content (AvgIpc) is 2.80. The van der Waals surface area contributed by atoms with Gasteiger partial charge < -0.3 is 14.8 Å². The fourth-order valence-corrected chi connectivity index (χ4v) is 3.26. The minimum atomic E-state index is -1.23. The summed E-state index contributed by atoms with van der Waals surface area (Å²) in [5.41, 5.74) is -0.0378. The highest BCUT2D eigenvalue weighted by atomic mass is 16.5. The van der Waals surface area contributed by atoms with Gasteiger partial charge in [-0.15, -0.1) is 6.42 Å². The Morgan fingerprint density at radius 2 is 1.59 bits per heavy atom. The van der Waals surface area contributed by atoms with Crippen LogP contribution in [0, 0.1) is 17.8 Å². The molecule has 3 aromatic carbocycles. The fourth-order valence-electron chi connectivity index (χ4n) is 3.26. The number of para-hydroxylation sites is 1. The summed E-state index contributed by atoms with van der Waals surface area (Å²) in [5, 5.41) is 4.97. The Balaban J connectivity index is 1.98. The molecular formula is C29H31NO4. The molecule has 3 aromatic rings. The molecule has 5 heteroatoms. The van der Waals surface area contributed by atoms with E-state index in [0.29, 0.717) is 16.9 Å². The van der Waals surface area contributed by atoms with Gasteiger partial charge in [0.05, 0.1) is 5.56 Å². The van der Waals surface area contributed by atoms with Gasteiger partial charge in [-0.2, -0.15) is 0 Å². The zero-order valence-corrected chi connectivity index (χ0v) is 20.3. The molecule has 0 aliphatic carbocycles. The summed E-state index contributed by atoms with van der Waals surface area (Å²) in [6, 6.07) is 20.0. The van der Waals surface area contributed by atoms with Gasteiger partial charge in [0.15, 0.2) is 0 Å². The van der Waals surface area contributed by atoms with Crippen molar-refractivity contribution in [2.45, 2.75) is 46.3 Å². The van der Waals surface area contributed by atoms with Crippen molar-refractivity contribution in [3.05, 3.63) is 77.9 Å². The van der Waals surface area contributed by atoms with Crippen molar-refractivity contribution >= 4 is 22.6 Å².